The summed E-state index contributed by atoms with van der Waals surface area (Å²) in [4.78, 5) is 0.216. The minimum absolute atomic E-state index is 0.0592. The molecule has 5 heteroatoms. The summed E-state index contributed by atoms with van der Waals surface area (Å²) in [5.41, 5.74) is 3.84. The first-order chi connectivity index (χ1) is 11.2. The average Bonchev–Trinajstić information content (AvgIpc) is 2.55. The van der Waals surface area contributed by atoms with Gasteiger partial charge in [0.15, 0.2) is 0 Å². The summed E-state index contributed by atoms with van der Waals surface area (Å²) in [5, 5.41) is 10.2. The molecule has 0 saturated heterocycles. The Kier molecular flexibility index (Phi) is 5.80. The van der Waals surface area contributed by atoms with Crippen molar-refractivity contribution in [2.75, 3.05) is 6.54 Å². The molecule has 1 unspecified atom stereocenters. The Morgan fingerprint density at radius 3 is 2.08 bits per heavy atom. The van der Waals surface area contributed by atoms with Crippen LogP contribution in [0.5, 0.6) is 0 Å². The maximum atomic E-state index is 12.4. The number of rotatable bonds is 6. The smallest absolute Gasteiger partial charge is 0.240 e. The summed E-state index contributed by atoms with van der Waals surface area (Å²) in [7, 11) is -3.63. The summed E-state index contributed by atoms with van der Waals surface area (Å²) < 4.78 is 27.2. The largest absolute Gasteiger partial charge is 0.387 e. The predicted octanol–water partition coefficient (Wildman–Crippen LogP) is 3.44. The van der Waals surface area contributed by atoms with Crippen molar-refractivity contribution in [3.8, 4) is 0 Å². The lowest BCUT2D eigenvalue weighted by Gasteiger charge is -2.14. The Morgan fingerprint density at radius 1 is 0.958 bits per heavy atom. The van der Waals surface area contributed by atoms with E-state index in [1.807, 2.05) is 38.1 Å². The first-order valence-electron chi connectivity index (χ1n) is 8.05. The van der Waals surface area contributed by atoms with Crippen LogP contribution < -0.4 is 4.72 Å². The molecular weight excluding hydrogens is 322 g/mol. The van der Waals surface area contributed by atoms with Crippen molar-refractivity contribution in [3.63, 3.8) is 0 Å². The Morgan fingerprint density at radius 2 is 1.54 bits per heavy atom. The van der Waals surface area contributed by atoms with Crippen LogP contribution in [0.15, 0.2) is 47.4 Å². The lowest BCUT2D eigenvalue weighted by molar-refractivity contribution is 0.182. The van der Waals surface area contributed by atoms with Gasteiger partial charge in [-0.2, -0.15) is 0 Å². The second kappa shape index (κ2) is 7.47. The van der Waals surface area contributed by atoms with E-state index in [2.05, 4.69) is 18.6 Å². The van der Waals surface area contributed by atoms with Crippen molar-refractivity contribution in [2.24, 2.45) is 0 Å². The highest BCUT2D eigenvalue weighted by Crippen LogP contribution is 2.19. The van der Waals surface area contributed by atoms with Crippen LogP contribution in [0.1, 0.15) is 48.1 Å². The summed E-state index contributed by atoms with van der Waals surface area (Å²) >= 11 is 0. The van der Waals surface area contributed by atoms with E-state index in [0.717, 1.165) is 11.1 Å². The molecule has 0 radical (unpaired) electrons. The van der Waals surface area contributed by atoms with E-state index >= 15 is 0 Å². The van der Waals surface area contributed by atoms with Crippen molar-refractivity contribution >= 4 is 10.0 Å². The summed E-state index contributed by atoms with van der Waals surface area (Å²) in [6.07, 6.45) is -0.882. The van der Waals surface area contributed by atoms with Crippen molar-refractivity contribution in [1.82, 2.24) is 4.72 Å². The fraction of sp³-hybridized carbons (Fsp3) is 0.368. The highest BCUT2D eigenvalue weighted by molar-refractivity contribution is 7.89. The van der Waals surface area contributed by atoms with E-state index in [9.17, 15) is 13.5 Å². The molecule has 4 nitrogen and oxygen atoms in total. The number of hydrogen-bond donors (Lipinski definition) is 2. The van der Waals surface area contributed by atoms with Crippen LogP contribution in [-0.2, 0) is 10.0 Å². The molecule has 2 aromatic rings. The Hall–Kier alpha value is -1.69. The normalized spacial score (nSPS) is 13.2. The molecule has 0 aromatic heterocycles. The van der Waals surface area contributed by atoms with Crippen molar-refractivity contribution < 1.29 is 13.5 Å². The van der Waals surface area contributed by atoms with Crippen molar-refractivity contribution in [3.05, 3.63) is 64.7 Å². The van der Waals surface area contributed by atoms with Gasteiger partial charge in [0.1, 0.15) is 0 Å². The van der Waals surface area contributed by atoms with E-state index < -0.39 is 16.1 Å². The molecule has 0 bridgehead atoms. The van der Waals surface area contributed by atoms with E-state index in [1.54, 1.807) is 18.2 Å². The van der Waals surface area contributed by atoms with Gasteiger partial charge in [-0.15, -0.1) is 0 Å². The molecule has 1 atom stereocenters. The quantitative estimate of drug-likeness (QED) is 0.841. The molecule has 0 saturated carbocycles. The van der Waals surface area contributed by atoms with Crippen LogP contribution in [0, 0.1) is 13.8 Å². The first kappa shape index (κ1) is 18.6. The zero-order valence-corrected chi connectivity index (χ0v) is 15.4. The third-order valence-corrected chi connectivity index (χ3v) is 5.66. The fourth-order valence-electron chi connectivity index (χ4n) is 2.37. The number of aryl methyl sites for hydroxylation is 2. The number of nitrogens with one attached hydrogen (secondary N) is 1. The van der Waals surface area contributed by atoms with Gasteiger partial charge in [0.25, 0.3) is 0 Å². The molecular formula is C19H25NO3S. The number of benzene rings is 2. The summed E-state index contributed by atoms with van der Waals surface area (Å²) in [6.45, 7) is 7.95. The number of hydrogen-bond acceptors (Lipinski definition) is 3. The van der Waals surface area contributed by atoms with Crippen molar-refractivity contribution in [1.29, 1.82) is 0 Å². The molecule has 0 aliphatic carbocycles. The molecule has 24 heavy (non-hydrogen) atoms. The van der Waals surface area contributed by atoms with Crippen LogP contribution >= 0.6 is 0 Å². The van der Waals surface area contributed by atoms with Crippen LogP contribution in [0.3, 0.4) is 0 Å². The maximum absolute atomic E-state index is 12.4. The highest BCUT2D eigenvalue weighted by Gasteiger charge is 2.17. The monoisotopic (exact) mass is 347 g/mol. The zero-order valence-electron chi connectivity index (χ0n) is 14.6. The Labute approximate surface area is 144 Å². The number of aliphatic hydroxyl groups is 1. The van der Waals surface area contributed by atoms with Gasteiger partial charge < -0.3 is 5.11 Å². The minimum Gasteiger partial charge on any atom is -0.387 e. The van der Waals surface area contributed by atoms with E-state index in [1.165, 1.54) is 5.56 Å². The van der Waals surface area contributed by atoms with Crippen LogP contribution in [-0.4, -0.2) is 20.1 Å². The topological polar surface area (TPSA) is 66.4 Å². The SMILES string of the molecule is Cc1ccc(S(=O)(=O)NCC(O)c2ccc(C(C)C)cc2)cc1C. The van der Waals surface area contributed by atoms with Gasteiger partial charge in [0, 0.05) is 6.54 Å². The molecule has 130 valence electrons. The van der Waals surface area contributed by atoms with Gasteiger partial charge in [0.2, 0.25) is 10.0 Å². The standard InChI is InChI=1S/C19H25NO3S/c1-13(2)16-6-8-17(9-7-16)19(21)12-20-24(22,23)18-10-5-14(3)15(4)11-18/h5-11,13,19-21H,12H2,1-4H3. The van der Waals surface area contributed by atoms with Crippen LogP contribution in [0.4, 0.5) is 0 Å². The maximum Gasteiger partial charge on any atom is 0.240 e. The second-order valence-corrected chi connectivity index (χ2v) is 8.20. The highest BCUT2D eigenvalue weighted by atomic mass is 32.2. The third kappa shape index (κ3) is 4.44. The second-order valence-electron chi connectivity index (χ2n) is 6.44. The van der Waals surface area contributed by atoms with Crippen LogP contribution in [0.2, 0.25) is 0 Å². The fourth-order valence-corrected chi connectivity index (χ4v) is 3.50. The van der Waals surface area contributed by atoms with Gasteiger partial charge in [-0.1, -0.05) is 44.2 Å². The minimum atomic E-state index is -3.63. The van der Waals surface area contributed by atoms with Gasteiger partial charge in [-0.05, 0) is 54.2 Å². The molecule has 2 rings (SSSR count). The van der Waals surface area contributed by atoms with Crippen LogP contribution in [0.25, 0.3) is 0 Å². The van der Waals surface area contributed by atoms with E-state index in [-0.39, 0.29) is 11.4 Å². The van der Waals surface area contributed by atoms with Gasteiger partial charge in [-0.25, -0.2) is 13.1 Å². The van der Waals surface area contributed by atoms with Gasteiger partial charge in [0.05, 0.1) is 11.0 Å². The Balaban J connectivity index is 2.06. The molecule has 2 aromatic carbocycles. The lowest BCUT2D eigenvalue weighted by Crippen LogP contribution is -2.28. The molecule has 0 heterocycles. The van der Waals surface area contributed by atoms with Crippen molar-refractivity contribution in [2.45, 2.75) is 44.6 Å². The lowest BCUT2D eigenvalue weighted by atomic mass is 10.00. The van der Waals surface area contributed by atoms with E-state index in [4.69, 9.17) is 0 Å². The average molecular weight is 347 g/mol. The Bertz CT molecular complexity index is 796. The number of sulfonamides is 1. The molecule has 0 amide bonds. The molecule has 0 aliphatic heterocycles. The summed E-state index contributed by atoms with van der Waals surface area (Å²) in [5.74, 6) is 0.416. The molecule has 0 spiro atoms. The summed E-state index contributed by atoms with van der Waals surface area (Å²) in [6, 6.07) is 12.6. The predicted molar refractivity (Wildman–Crippen MR) is 96.6 cm³/mol. The third-order valence-electron chi connectivity index (χ3n) is 4.24. The van der Waals surface area contributed by atoms with Gasteiger partial charge in [-0.3, -0.25) is 0 Å². The molecule has 2 N–H and O–H groups in total. The number of aliphatic hydroxyl groups excluding tert-OH is 1. The first-order valence-corrected chi connectivity index (χ1v) is 9.54. The van der Waals surface area contributed by atoms with Gasteiger partial charge >= 0.3 is 0 Å². The zero-order chi connectivity index (χ0) is 17.9. The molecule has 0 aliphatic rings. The molecule has 0 fully saturated rings. The van der Waals surface area contributed by atoms with E-state index in [0.29, 0.717) is 11.5 Å².